The summed E-state index contributed by atoms with van der Waals surface area (Å²) in [5.74, 6) is 0.527. The number of rotatable bonds is 5. The van der Waals surface area contributed by atoms with Crippen LogP contribution in [0.25, 0.3) is 0 Å². The molecule has 100 valence electrons. The molecular weight excluding hydrogens is 222 g/mol. The maximum absolute atomic E-state index is 12.7. The highest BCUT2D eigenvalue weighted by Crippen LogP contribution is 2.20. The number of aryl methyl sites for hydroxylation is 3. The van der Waals surface area contributed by atoms with Gasteiger partial charge in [0.15, 0.2) is 5.78 Å². The second-order valence-corrected chi connectivity index (χ2v) is 5.42. The Kier molecular flexibility index (Phi) is 5.09. The molecule has 1 unspecified atom stereocenters. The van der Waals surface area contributed by atoms with Crippen molar-refractivity contribution in [2.45, 2.75) is 47.6 Å². The lowest BCUT2D eigenvalue weighted by molar-refractivity contribution is 0.0917. The van der Waals surface area contributed by atoms with Gasteiger partial charge in [0.1, 0.15) is 0 Å². The van der Waals surface area contributed by atoms with E-state index in [1.807, 2.05) is 20.8 Å². The number of nitrogens with one attached hydrogen (secondary N) is 1. The van der Waals surface area contributed by atoms with E-state index in [4.69, 9.17) is 0 Å². The van der Waals surface area contributed by atoms with Crippen LogP contribution in [0.1, 0.15) is 47.8 Å². The highest BCUT2D eigenvalue weighted by molar-refractivity contribution is 6.02. The zero-order chi connectivity index (χ0) is 13.9. The van der Waals surface area contributed by atoms with Crippen LogP contribution < -0.4 is 5.32 Å². The van der Waals surface area contributed by atoms with Crippen LogP contribution in [0.2, 0.25) is 0 Å². The Morgan fingerprint density at radius 1 is 1.17 bits per heavy atom. The van der Waals surface area contributed by atoms with Crippen molar-refractivity contribution in [1.29, 1.82) is 0 Å². The van der Waals surface area contributed by atoms with Gasteiger partial charge in [-0.1, -0.05) is 38.5 Å². The summed E-state index contributed by atoms with van der Waals surface area (Å²) in [5, 5.41) is 3.30. The van der Waals surface area contributed by atoms with E-state index < -0.39 is 0 Å². The average molecular weight is 247 g/mol. The molecule has 1 aromatic rings. The number of likely N-dealkylation sites (N-methyl/N-ethyl adjacent to an activating group) is 1. The number of hydrogen-bond donors (Lipinski definition) is 1. The predicted molar refractivity (Wildman–Crippen MR) is 77.3 cm³/mol. The van der Waals surface area contributed by atoms with Gasteiger partial charge in [-0.2, -0.15) is 0 Å². The normalized spacial score (nSPS) is 12.8. The zero-order valence-corrected chi connectivity index (χ0v) is 12.4. The first kappa shape index (κ1) is 14.9. The van der Waals surface area contributed by atoms with E-state index in [0.29, 0.717) is 5.92 Å². The van der Waals surface area contributed by atoms with Crippen LogP contribution in [0.3, 0.4) is 0 Å². The Balaban J connectivity index is 3.16. The van der Waals surface area contributed by atoms with Crippen molar-refractivity contribution >= 4 is 5.78 Å². The van der Waals surface area contributed by atoms with Gasteiger partial charge in [-0.15, -0.1) is 0 Å². The summed E-state index contributed by atoms with van der Waals surface area (Å²) < 4.78 is 0. The number of carbonyl (C=O) groups is 1. The Hall–Kier alpha value is -1.15. The monoisotopic (exact) mass is 247 g/mol. The molecule has 0 heterocycles. The summed E-state index contributed by atoms with van der Waals surface area (Å²) >= 11 is 0. The molecule has 0 fully saturated rings. The highest BCUT2D eigenvalue weighted by Gasteiger charge is 2.24. The summed E-state index contributed by atoms with van der Waals surface area (Å²) in [6.07, 6.45) is 0. The number of ketones is 1. The van der Waals surface area contributed by atoms with Crippen molar-refractivity contribution in [2.75, 3.05) is 6.54 Å². The molecule has 0 aliphatic carbocycles. The van der Waals surface area contributed by atoms with Crippen LogP contribution in [0, 0.1) is 26.7 Å². The van der Waals surface area contributed by atoms with E-state index >= 15 is 0 Å². The van der Waals surface area contributed by atoms with Crippen LogP contribution in [0.4, 0.5) is 0 Å². The average Bonchev–Trinajstić information content (AvgIpc) is 2.23. The van der Waals surface area contributed by atoms with Crippen LogP contribution in [-0.2, 0) is 0 Å². The molecule has 2 heteroatoms. The molecule has 0 aromatic heterocycles. The molecule has 0 spiro atoms. The lowest BCUT2D eigenvalue weighted by atomic mass is 9.89. The molecule has 18 heavy (non-hydrogen) atoms. The first-order chi connectivity index (χ1) is 8.38. The standard InChI is InChI=1S/C16H25NO/c1-7-17-15(10(2)3)16(18)14-12(5)8-11(4)9-13(14)6/h8-10,15,17H,7H2,1-6H3. The topological polar surface area (TPSA) is 29.1 Å². The summed E-state index contributed by atoms with van der Waals surface area (Å²) in [5.41, 5.74) is 4.27. The van der Waals surface area contributed by atoms with Gasteiger partial charge < -0.3 is 5.32 Å². The van der Waals surface area contributed by atoms with Gasteiger partial charge in [-0.05, 0) is 44.4 Å². The molecule has 0 saturated heterocycles. The number of benzene rings is 1. The summed E-state index contributed by atoms with van der Waals surface area (Å²) in [6, 6.07) is 4.09. The summed E-state index contributed by atoms with van der Waals surface area (Å²) in [7, 11) is 0. The molecule has 0 bridgehead atoms. The van der Waals surface area contributed by atoms with Crippen molar-refractivity contribution in [3.8, 4) is 0 Å². The fraction of sp³-hybridized carbons (Fsp3) is 0.562. The summed E-state index contributed by atoms with van der Waals surface area (Å²) in [6.45, 7) is 13.1. The molecule has 0 radical (unpaired) electrons. The van der Waals surface area contributed by atoms with Crippen molar-refractivity contribution < 1.29 is 4.79 Å². The van der Waals surface area contributed by atoms with E-state index in [0.717, 1.165) is 23.2 Å². The van der Waals surface area contributed by atoms with E-state index in [1.54, 1.807) is 0 Å². The third kappa shape index (κ3) is 3.20. The largest absolute Gasteiger partial charge is 0.307 e. The lowest BCUT2D eigenvalue weighted by Crippen LogP contribution is -2.41. The molecule has 0 amide bonds. The predicted octanol–water partition coefficient (Wildman–Crippen LogP) is 3.43. The lowest BCUT2D eigenvalue weighted by Gasteiger charge is -2.22. The second-order valence-electron chi connectivity index (χ2n) is 5.42. The van der Waals surface area contributed by atoms with Gasteiger partial charge in [-0.3, -0.25) is 4.79 Å². The van der Waals surface area contributed by atoms with Crippen molar-refractivity contribution in [1.82, 2.24) is 5.32 Å². The molecule has 1 N–H and O–H groups in total. The molecule has 0 aliphatic rings. The minimum Gasteiger partial charge on any atom is -0.307 e. The van der Waals surface area contributed by atoms with Gasteiger partial charge in [-0.25, -0.2) is 0 Å². The van der Waals surface area contributed by atoms with Crippen molar-refractivity contribution in [3.05, 3.63) is 34.4 Å². The van der Waals surface area contributed by atoms with Crippen molar-refractivity contribution in [3.63, 3.8) is 0 Å². The van der Waals surface area contributed by atoms with E-state index in [1.165, 1.54) is 5.56 Å². The maximum Gasteiger partial charge on any atom is 0.180 e. The van der Waals surface area contributed by atoms with Gasteiger partial charge in [0.25, 0.3) is 0 Å². The Bertz CT molecular complexity index is 412. The van der Waals surface area contributed by atoms with Crippen LogP contribution in [0.15, 0.2) is 12.1 Å². The van der Waals surface area contributed by atoms with Crippen LogP contribution >= 0.6 is 0 Å². The third-order valence-electron chi connectivity index (χ3n) is 3.30. The molecule has 1 aromatic carbocycles. The van der Waals surface area contributed by atoms with Crippen LogP contribution in [0.5, 0.6) is 0 Å². The minimum atomic E-state index is -0.0879. The first-order valence-corrected chi connectivity index (χ1v) is 6.73. The Morgan fingerprint density at radius 3 is 2.06 bits per heavy atom. The fourth-order valence-electron chi connectivity index (χ4n) is 2.58. The SMILES string of the molecule is CCNC(C(=O)c1c(C)cc(C)cc1C)C(C)C. The maximum atomic E-state index is 12.7. The molecule has 1 atom stereocenters. The molecular formula is C16H25NO. The van der Waals surface area contributed by atoms with Crippen molar-refractivity contribution in [2.24, 2.45) is 5.92 Å². The molecule has 0 saturated carbocycles. The minimum absolute atomic E-state index is 0.0879. The third-order valence-corrected chi connectivity index (χ3v) is 3.30. The zero-order valence-electron chi connectivity index (χ0n) is 12.4. The van der Waals surface area contributed by atoms with Gasteiger partial charge in [0.05, 0.1) is 6.04 Å². The highest BCUT2D eigenvalue weighted by atomic mass is 16.1. The van der Waals surface area contributed by atoms with E-state index in [-0.39, 0.29) is 11.8 Å². The van der Waals surface area contributed by atoms with Crippen LogP contribution in [-0.4, -0.2) is 18.4 Å². The van der Waals surface area contributed by atoms with E-state index in [9.17, 15) is 4.79 Å². The summed E-state index contributed by atoms with van der Waals surface area (Å²) in [4.78, 5) is 12.7. The molecule has 2 nitrogen and oxygen atoms in total. The van der Waals surface area contributed by atoms with Gasteiger partial charge in [0, 0.05) is 5.56 Å². The van der Waals surface area contributed by atoms with Gasteiger partial charge >= 0.3 is 0 Å². The molecule has 1 rings (SSSR count). The quantitative estimate of drug-likeness (QED) is 0.808. The second kappa shape index (κ2) is 6.14. The smallest absolute Gasteiger partial charge is 0.180 e. The Morgan fingerprint density at radius 2 is 1.67 bits per heavy atom. The molecule has 0 aliphatic heterocycles. The van der Waals surface area contributed by atoms with Gasteiger partial charge in [0.2, 0.25) is 0 Å². The number of carbonyl (C=O) groups excluding carboxylic acids is 1. The fourth-order valence-corrected chi connectivity index (χ4v) is 2.58. The first-order valence-electron chi connectivity index (χ1n) is 6.73. The Labute approximate surface area is 111 Å². The van der Waals surface area contributed by atoms with E-state index in [2.05, 4.69) is 38.2 Å². The number of Topliss-reactive ketones (excluding diaryl/α,β-unsaturated/α-hetero) is 1. The number of hydrogen-bond acceptors (Lipinski definition) is 2.